The third kappa shape index (κ3) is 1.89. The first-order chi connectivity index (χ1) is 11.7. The molecule has 0 saturated carbocycles. The average molecular weight is 345 g/mol. The summed E-state index contributed by atoms with van der Waals surface area (Å²) in [5.74, 6) is -12.7. The molecule has 0 saturated heterocycles. The van der Waals surface area contributed by atoms with Gasteiger partial charge in [0.25, 0.3) is 35.4 Å². The number of carboxylic acids is 1. The number of nitrogens with zero attached hydrogens (tertiary/aromatic N) is 3. The monoisotopic (exact) mass is 345 g/mol. The molecule has 0 spiro atoms. The second-order valence-electron chi connectivity index (χ2n) is 4.98. The molecule has 3 rings (SSSR count). The smallest absolute Gasteiger partial charge is 0.375 e. The highest BCUT2D eigenvalue weighted by molar-refractivity contribution is 6.24. The van der Waals surface area contributed by atoms with Crippen LogP contribution in [0.15, 0.2) is 36.5 Å². The molecule has 0 atom stereocenters. The zero-order chi connectivity index (χ0) is 18.5. The van der Waals surface area contributed by atoms with Gasteiger partial charge in [-0.1, -0.05) is 0 Å². The molecule has 0 aromatic carbocycles. The number of carbonyl (C=O) groups is 7. The largest absolute Gasteiger partial charge is 0.477 e. The van der Waals surface area contributed by atoms with Gasteiger partial charge < -0.3 is 5.11 Å². The summed E-state index contributed by atoms with van der Waals surface area (Å²) < 4.78 is 0. The van der Waals surface area contributed by atoms with Gasteiger partial charge in [0.05, 0.1) is 0 Å². The standard InChI is InChI=1S/C14H7N3O8/c18-7-1-2-8(19)15(7)14(13(24)25,16-9(20)3-4-10(16)21)17-11(22)5-6-12(17)23/h1-6H,(H,24,25). The van der Waals surface area contributed by atoms with Gasteiger partial charge in [-0.15, -0.1) is 0 Å². The van der Waals surface area contributed by atoms with Crippen LogP contribution < -0.4 is 0 Å². The zero-order valence-corrected chi connectivity index (χ0v) is 12.1. The van der Waals surface area contributed by atoms with Crippen LogP contribution in [0.1, 0.15) is 0 Å². The Morgan fingerprint density at radius 3 is 0.960 bits per heavy atom. The Labute approximate surface area is 138 Å². The van der Waals surface area contributed by atoms with E-state index < -0.39 is 47.2 Å². The van der Waals surface area contributed by atoms with Gasteiger partial charge in [-0.05, 0) is 0 Å². The van der Waals surface area contributed by atoms with Crippen LogP contribution in [0.2, 0.25) is 0 Å². The van der Waals surface area contributed by atoms with E-state index in [-0.39, 0.29) is 14.7 Å². The van der Waals surface area contributed by atoms with Crippen LogP contribution in [-0.4, -0.2) is 67.0 Å². The molecule has 1 N–H and O–H groups in total. The van der Waals surface area contributed by atoms with Crippen molar-refractivity contribution >= 4 is 41.4 Å². The van der Waals surface area contributed by atoms with Crippen molar-refractivity contribution in [2.45, 2.75) is 5.79 Å². The van der Waals surface area contributed by atoms with Crippen LogP contribution in [0.4, 0.5) is 0 Å². The van der Waals surface area contributed by atoms with Gasteiger partial charge in [0.1, 0.15) is 0 Å². The average Bonchev–Trinajstić information content (AvgIpc) is 3.16. The Bertz CT molecular complexity index is 724. The van der Waals surface area contributed by atoms with Gasteiger partial charge in [-0.25, -0.2) is 19.5 Å². The van der Waals surface area contributed by atoms with Crippen molar-refractivity contribution in [2.75, 3.05) is 0 Å². The number of aliphatic carboxylic acids is 1. The predicted octanol–water partition coefficient (Wildman–Crippen LogP) is -2.50. The van der Waals surface area contributed by atoms with Crippen molar-refractivity contribution in [3.63, 3.8) is 0 Å². The summed E-state index contributed by atoms with van der Waals surface area (Å²) >= 11 is 0. The van der Waals surface area contributed by atoms with E-state index in [1.165, 1.54) is 0 Å². The maximum Gasteiger partial charge on any atom is 0.375 e. The third-order valence-corrected chi connectivity index (χ3v) is 3.65. The summed E-state index contributed by atoms with van der Waals surface area (Å²) in [6, 6.07) is 0. The highest BCUT2D eigenvalue weighted by Crippen LogP contribution is 2.34. The molecule has 25 heavy (non-hydrogen) atoms. The summed E-state index contributed by atoms with van der Waals surface area (Å²) in [5, 5.41) is 9.79. The van der Waals surface area contributed by atoms with E-state index in [9.17, 15) is 38.7 Å². The first-order valence-corrected chi connectivity index (χ1v) is 6.65. The number of rotatable bonds is 4. The van der Waals surface area contributed by atoms with Crippen LogP contribution in [-0.2, 0) is 33.6 Å². The van der Waals surface area contributed by atoms with Crippen LogP contribution in [0, 0.1) is 0 Å². The van der Waals surface area contributed by atoms with Gasteiger partial charge in [-0.3, -0.25) is 28.8 Å². The number of carbonyl (C=O) groups excluding carboxylic acids is 6. The lowest BCUT2D eigenvalue weighted by Gasteiger charge is -2.45. The van der Waals surface area contributed by atoms with Crippen LogP contribution in [0.25, 0.3) is 0 Å². The maximum atomic E-state index is 12.1. The number of carboxylic acid groups (broad SMARTS) is 1. The molecule has 0 bridgehead atoms. The predicted molar refractivity (Wildman–Crippen MR) is 73.3 cm³/mol. The van der Waals surface area contributed by atoms with Gasteiger partial charge >= 0.3 is 11.8 Å². The van der Waals surface area contributed by atoms with Crippen molar-refractivity contribution in [3.8, 4) is 0 Å². The lowest BCUT2D eigenvalue weighted by atomic mass is 10.1. The normalized spacial score (nSPS) is 20.1. The van der Waals surface area contributed by atoms with Crippen molar-refractivity contribution in [1.29, 1.82) is 0 Å². The van der Waals surface area contributed by atoms with Crippen LogP contribution in [0.5, 0.6) is 0 Å². The summed E-state index contributed by atoms with van der Waals surface area (Å²) in [4.78, 5) is 84.7. The molecular formula is C14H7N3O8. The minimum atomic E-state index is -3.30. The fraction of sp³-hybridized carbons (Fsp3) is 0.0714. The molecule has 3 aliphatic rings. The fourth-order valence-corrected chi connectivity index (χ4v) is 2.71. The van der Waals surface area contributed by atoms with E-state index in [4.69, 9.17) is 0 Å². The lowest BCUT2D eigenvalue weighted by Crippen LogP contribution is -2.77. The lowest BCUT2D eigenvalue weighted by molar-refractivity contribution is -0.204. The molecule has 126 valence electrons. The summed E-state index contributed by atoms with van der Waals surface area (Å²) in [7, 11) is 0. The third-order valence-electron chi connectivity index (χ3n) is 3.65. The van der Waals surface area contributed by atoms with Crippen molar-refractivity contribution in [2.24, 2.45) is 0 Å². The topological polar surface area (TPSA) is 149 Å². The van der Waals surface area contributed by atoms with Crippen molar-refractivity contribution in [3.05, 3.63) is 36.5 Å². The van der Waals surface area contributed by atoms with Gasteiger partial charge in [-0.2, -0.15) is 0 Å². The number of amides is 6. The minimum absolute atomic E-state index is 0.000926. The molecule has 3 heterocycles. The molecule has 0 fully saturated rings. The highest BCUT2D eigenvalue weighted by atomic mass is 16.4. The van der Waals surface area contributed by atoms with Crippen molar-refractivity contribution < 1.29 is 38.7 Å². The van der Waals surface area contributed by atoms with E-state index >= 15 is 0 Å². The molecule has 0 radical (unpaired) electrons. The first kappa shape index (κ1) is 16.0. The summed E-state index contributed by atoms with van der Waals surface area (Å²) in [5.41, 5.74) is 0. The number of hydrogen-bond acceptors (Lipinski definition) is 7. The van der Waals surface area contributed by atoms with E-state index in [2.05, 4.69) is 0 Å². The fourth-order valence-electron chi connectivity index (χ4n) is 2.71. The molecule has 11 nitrogen and oxygen atoms in total. The molecule has 11 heteroatoms. The van der Waals surface area contributed by atoms with E-state index in [1.807, 2.05) is 0 Å². The van der Waals surface area contributed by atoms with Gasteiger partial charge in [0.2, 0.25) is 0 Å². The van der Waals surface area contributed by atoms with E-state index in [0.29, 0.717) is 36.5 Å². The maximum absolute atomic E-state index is 12.1. The summed E-state index contributed by atoms with van der Waals surface area (Å²) in [6.07, 6.45) is 4.15. The van der Waals surface area contributed by atoms with E-state index in [1.54, 1.807) is 0 Å². The number of hydrogen-bond donors (Lipinski definition) is 1. The van der Waals surface area contributed by atoms with Crippen LogP contribution >= 0.6 is 0 Å². The minimum Gasteiger partial charge on any atom is -0.477 e. The molecule has 0 aromatic heterocycles. The van der Waals surface area contributed by atoms with Gasteiger partial charge in [0.15, 0.2) is 0 Å². The highest BCUT2D eigenvalue weighted by Gasteiger charge is 2.66. The molecule has 6 amide bonds. The number of imide groups is 3. The van der Waals surface area contributed by atoms with E-state index in [0.717, 1.165) is 0 Å². The molecular weight excluding hydrogens is 338 g/mol. The first-order valence-electron chi connectivity index (χ1n) is 6.65. The second-order valence-corrected chi connectivity index (χ2v) is 4.98. The summed E-state index contributed by atoms with van der Waals surface area (Å²) in [6.45, 7) is 0. The Hall–Kier alpha value is -3.89. The Morgan fingerprint density at radius 1 is 0.600 bits per heavy atom. The Balaban J connectivity index is 2.32. The van der Waals surface area contributed by atoms with Gasteiger partial charge in [0, 0.05) is 36.5 Å². The zero-order valence-electron chi connectivity index (χ0n) is 12.1. The molecule has 0 aromatic rings. The quantitative estimate of drug-likeness (QED) is 0.549. The molecule has 0 aliphatic carbocycles. The Kier molecular flexibility index (Phi) is 3.23. The second kappa shape index (κ2) is 5.06. The van der Waals surface area contributed by atoms with Crippen molar-refractivity contribution in [1.82, 2.24) is 14.7 Å². The Morgan fingerprint density at radius 2 is 0.800 bits per heavy atom. The van der Waals surface area contributed by atoms with Crippen LogP contribution in [0.3, 0.4) is 0 Å². The SMILES string of the molecule is O=C1C=CC(=O)N1C(C(=O)O)(N1C(=O)C=CC1=O)N1C(=O)C=CC1=O. The molecule has 3 aliphatic heterocycles. The molecule has 0 unspecified atom stereocenters.